The number of carbonyl (C=O) groups is 2. The molecule has 0 spiro atoms. The molecule has 1 atom stereocenters. The van der Waals surface area contributed by atoms with E-state index in [1.807, 2.05) is 16.8 Å². The van der Waals surface area contributed by atoms with Crippen LogP contribution in [0.1, 0.15) is 18.4 Å². The number of fused-ring (bicyclic) bond motifs is 1. The SMILES string of the molecule is O=C(Nc1cnn2c1NCCC2)C1CC(=O)N(Cc2cccnc2)C1. The fourth-order valence-electron chi connectivity index (χ4n) is 3.32. The van der Waals surface area contributed by atoms with Gasteiger partial charge >= 0.3 is 0 Å². The van der Waals surface area contributed by atoms with Crippen LogP contribution in [0.4, 0.5) is 11.5 Å². The third kappa shape index (κ3) is 3.19. The second-order valence-corrected chi connectivity index (χ2v) is 6.44. The molecule has 2 aromatic heterocycles. The summed E-state index contributed by atoms with van der Waals surface area (Å²) in [7, 11) is 0. The zero-order chi connectivity index (χ0) is 17.2. The Labute approximate surface area is 145 Å². The quantitative estimate of drug-likeness (QED) is 0.869. The molecule has 0 aliphatic carbocycles. The van der Waals surface area contributed by atoms with Crippen LogP contribution in [0.25, 0.3) is 0 Å². The number of pyridine rings is 1. The van der Waals surface area contributed by atoms with Crippen LogP contribution in [-0.4, -0.2) is 44.6 Å². The van der Waals surface area contributed by atoms with Crippen molar-refractivity contribution in [1.29, 1.82) is 0 Å². The van der Waals surface area contributed by atoms with E-state index in [2.05, 4.69) is 20.7 Å². The Morgan fingerprint density at radius 1 is 1.40 bits per heavy atom. The number of anilines is 2. The van der Waals surface area contributed by atoms with Gasteiger partial charge < -0.3 is 15.5 Å². The van der Waals surface area contributed by atoms with Crippen molar-refractivity contribution >= 4 is 23.3 Å². The predicted octanol–water partition coefficient (Wildman–Crippen LogP) is 1.08. The van der Waals surface area contributed by atoms with E-state index in [1.165, 1.54) is 0 Å². The summed E-state index contributed by atoms with van der Waals surface area (Å²) in [6.07, 6.45) is 6.36. The number of amides is 2. The lowest BCUT2D eigenvalue weighted by molar-refractivity contribution is -0.128. The van der Waals surface area contributed by atoms with Crippen LogP contribution in [-0.2, 0) is 22.7 Å². The lowest BCUT2D eigenvalue weighted by Gasteiger charge is -2.18. The number of aryl methyl sites for hydroxylation is 1. The average molecular weight is 340 g/mol. The molecular weight excluding hydrogens is 320 g/mol. The summed E-state index contributed by atoms with van der Waals surface area (Å²) in [6.45, 7) is 2.63. The Kier molecular flexibility index (Phi) is 4.09. The first kappa shape index (κ1) is 15.6. The van der Waals surface area contributed by atoms with Gasteiger partial charge in [-0.25, -0.2) is 4.68 Å². The van der Waals surface area contributed by atoms with Crippen LogP contribution < -0.4 is 10.6 Å². The number of rotatable bonds is 4. The minimum Gasteiger partial charge on any atom is -0.368 e. The van der Waals surface area contributed by atoms with Gasteiger partial charge in [0.2, 0.25) is 11.8 Å². The van der Waals surface area contributed by atoms with Gasteiger partial charge in [0.25, 0.3) is 0 Å². The largest absolute Gasteiger partial charge is 0.368 e. The molecule has 2 aliphatic rings. The number of likely N-dealkylation sites (tertiary alicyclic amines) is 1. The van der Waals surface area contributed by atoms with Crippen molar-refractivity contribution in [2.75, 3.05) is 23.7 Å². The van der Waals surface area contributed by atoms with Crippen LogP contribution in [0.3, 0.4) is 0 Å². The molecule has 4 rings (SSSR count). The first-order valence-electron chi connectivity index (χ1n) is 8.48. The van der Waals surface area contributed by atoms with Crippen LogP contribution in [0.5, 0.6) is 0 Å². The van der Waals surface area contributed by atoms with Crippen LogP contribution in [0.2, 0.25) is 0 Å². The standard InChI is InChI=1S/C17H20N6O2/c24-15-7-13(11-22(15)10-12-3-1-4-18-8-12)17(25)21-14-9-20-23-6-2-5-19-16(14)23/h1,3-4,8-9,13,19H,2,5-7,10-11H2,(H,21,25). The number of nitrogens with one attached hydrogen (secondary N) is 2. The van der Waals surface area contributed by atoms with Crippen LogP contribution >= 0.6 is 0 Å². The van der Waals surface area contributed by atoms with Crippen LogP contribution in [0, 0.1) is 5.92 Å². The molecule has 0 radical (unpaired) electrons. The van der Waals surface area contributed by atoms with Crippen molar-refractivity contribution in [2.24, 2.45) is 5.92 Å². The predicted molar refractivity (Wildman–Crippen MR) is 91.7 cm³/mol. The van der Waals surface area contributed by atoms with Gasteiger partial charge in [-0.1, -0.05) is 6.07 Å². The molecule has 8 nitrogen and oxygen atoms in total. The van der Waals surface area contributed by atoms with E-state index in [9.17, 15) is 9.59 Å². The Bertz CT molecular complexity index is 788. The normalized spacial score (nSPS) is 19.4. The molecule has 0 bridgehead atoms. The summed E-state index contributed by atoms with van der Waals surface area (Å²) in [4.78, 5) is 30.6. The molecule has 2 amide bonds. The highest BCUT2D eigenvalue weighted by Gasteiger charge is 2.34. The smallest absolute Gasteiger partial charge is 0.229 e. The number of hydrogen-bond acceptors (Lipinski definition) is 5. The number of hydrogen-bond donors (Lipinski definition) is 2. The first-order valence-corrected chi connectivity index (χ1v) is 8.48. The third-order valence-electron chi connectivity index (χ3n) is 4.62. The third-order valence-corrected chi connectivity index (χ3v) is 4.62. The molecule has 8 heteroatoms. The minimum atomic E-state index is -0.344. The molecule has 130 valence electrons. The summed E-state index contributed by atoms with van der Waals surface area (Å²) in [6, 6.07) is 3.77. The highest BCUT2D eigenvalue weighted by molar-refractivity contribution is 5.98. The van der Waals surface area contributed by atoms with Gasteiger partial charge in [-0.3, -0.25) is 14.6 Å². The van der Waals surface area contributed by atoms with Crippen molar-refractivity contribution in [1.82, 2.24) is 19.7 Å². The molecule has 25 heavy (non-hydrogen) atoms. The summed E-state index contributed by atoms with van der Waals surface area (Å²) in [5, 5.41) is 10.5. The zero-order valence-electron chi connectivity index (χ0n) is 13.8. The average Bonchev–Trinajstić information content (AvgIpc) is 3.20. The van der Waals surface area contributed by atoms with Gasteiger partial charge in [0.15, 0.2) is 0 Å². The highest BCUT2D eigenvalue weighted by atomic mass is 16.2. The molecule has 0 aromatic carbocycles. The summed E-state index contributed by atoms with van der Waals surface area (Å²) in [5.41, 5.74) is 1.65. The number of carbonyl (C=O) groups excluding carboxylic acids is 2. The van der Waals surface area contributed by atoms with E-state index < -0.39 is 0 Å². The number of nitrogens with zero attached hydrogens (tertiary/aromatic N) is 4. The maximum absolute atomic E-state index is 12.6. The van der Waals surface area contributed by atoms with Crippen molar-refractivity contribution in [3.63, 3.8) is 0 Å². The van der Waals surface area contributed by atoms with E-state index in [4.69, 9.17) is 0 Å². The van der Waals surface area contributed by atoms with E-state index >= 15 is 0 Å². The van der Waals surface area contributed by atoms with E-state index in [0.717, 1.165) is 30.9 Å². The van der Waals surface area contributed by atoms with Gasteiger partial charge in [-0.15, -0.1) is 0 Å². The fraction of sp³-hybridized carbons (Fsp3) is 0.412. The molecule has 1 unspecified atom stereocenters. The highest BCUT2D eigenvalue weighted by Crippen LogP contribution is 2.27. The van der Waals surface area contributed by atoms with Gasteiger partial charge in [0.05, 0.1) is 12.1 Å². The Morgan fingerprint density at radius 2 is 2.32 bits per heavy atom. The molecule has 0 saturated carbocycles. The first-order chi connectivity index (χ1) is 12.2. The van der Waals surface area contributed by atoms with Crippen molar-refractivity contribution in [3.05, 3.63) is 36.3 Å². The van der Waals surface area contributed by atoms with Gasteiger partial charge in [0, 0.05) is 45.0 Å². The summed E-state index contributed by atoms with van der Waals surface area (Å²) in [5.74, 6) is 0.365. The van der Waals surface area contributed by atoms with Crippen molar-refractivity contribution in [2.45, 2.75) is 25.9 Å². The molecular formula is C17H20N6O2. The number of aromatic nitrogens is 3. The Balaban J connectivity index is 1.40. The van der Waals surface area contributed by atoms with Gasteiger partial charge in [-0.05, 0) is 18.1 Å². The summed E-state index contributed by atoms with van der Waals surface area (Å²) < 4.78 is 1.85. The van der Waals surface area contributed by atoms with E-state index in [0.29, 0.717) is 18.8 Å². The Morgan fingerprint density at radius 3 is 3.16 bits per heavy atom. The van der Waals surface area contributed by atoms with Crippen LogP contribution in [0.15, 0.2) is 30.7 Å². The second-order valence-electron chi connectivity index (χ2n) is 6.44. The van der Waals surface area contributed by atoms with Crippen molar-refractivity contribution in [3.8, 4) is 0 Å². The topological polar surface area (TPSA) is 92.2 Å². The van der Waals surface area contributed by atoms with Crippen molar-refractivity contribution < 1.29 is 9.59 Å². The van der Waals surface area contributed by atoms with E-state index in [-0.39, 0.29) is 24.2 Å². The second kappa shape index (κ2) is 6.54. The lowest BCUT2D eigenvalue weighted by atomic mass is 10.1. The molecule has 1 fully saturated rings. The zero-order valence-corrected chi connectivity index (χ0v) is 13.8. The summed E-state index contributed by atoms with van der Waals surface area (Å²) >= 11 is 0. The molecule has 1 saturated heterocycles. The monoisotopic (exact) mass is 340 g/mol. The van der Waals surface area contributed by atoms with E-state index in [1.54, 1.807) is 23.5 Å². The molecule has 4 heterocycles. The fourth-order valence-corrected chi connectivity index (χ4v) is 3.32. The van der Waals surface area contributed by atoms with Gasteiger partial charge in [-0.2, -0.15) is 5.10 Å². The van der Waals surface area contributed by atoms with Gasteiger partial charge in [0.1, 0.15) is 11.5 Å². The Hall–Kier alpha value is -2.90. The molecule has 2 aromatic rings. The maximum Gasteiger partial charge on any atom is 0.229 e. The molecule has 2 N–H and O–H groups in total. The molecule has 2 aliphatic heterocycles. The minimum absolute atomic E-state index is 0.000775. The maximum atomic E-state index is 12.6. The lowest BCUT2D eigenvalue weighted by Crippen LogP contribution is -2.28.